The molecule has 5 heterocycles. The summed E-state index contributed by atoms with van der Waals surface area (Å²) in [5, 5.41) is 15.5. The molecule has 0 bridgehead atoms. The number of β-amino-alcohol motifs (C(OH)–C–C–N with tert-alkyl or cyclic N) is 1. The fraction of sp³-hybridized carbons (Fsp3) is 0.261. The number of aromatic nitrogens is 6. The van der Waals surface area contributed by atoms with Crippen LogP contribution in [0.15, 0.2) is 55.1 Å². The highest BCUT2D eigenvalue weighted by Gasteiger charge is 2.21. The van der Waals surface area contributed by atoms with Crippen LogP contribution in [0.4, 0.5) is 0 Å². The van der Waals surface area contributed by atoms with Gasteiger partial charge in [0.2, 0.25) is 0 Å². The molecule has 0 amide bonds. The van der Waals surface area contributed by atoms with Crippen LogP contribution in [0.5, 0.6) is 0 Å². The van der Waals surface area contributed by atoms with Crippen LogP contribution in [-0.2, 0) is 13.6 Å². The molecule has 0 spiro atoms. The van der Waals surface area contributed by atoms with E-state index in [4.69, 9.17) is 4.98 Å². The van der Waals surface area contributed by atoms with Crippen molar-refractivity contribution in [2.75, 3.05) is 13.1 Å². The zero-order chi connectivity index (χ0) is 20.9. The third-order valence-corrected chi connectivity index (χ3v) is 6.09. The van der Waals surface area contributed by atoms with Gasteiger partial charge in [0.1, 0.15) is 11.3 Å². The molecular formula is C23H23N7O. The number of aliphatic hydroxyl groups excluding tert-OH is 1. The normalized spacial score (nSPS) is 17.3. The lowest BCUT2D eigenvalue weighted by molar-refractivity contribution is 0.175. The van der Waals surface area contributed by atoms with Crippen molar-refractivity contribution in [2.24, 2.45) is 7.05 Å². The summed E-state index contributed by atoms with van der Waals surface area (Å²) < 4.78 is 3.98. The number of nitrogens with one attached hydrogen (secondary N) is 1. The van der Waals surface area contributed by atoms with Crippen LogP contribution < -0.4 is 0 Å². The number of pyridine rings is 1. The Morgan fingerprint density at radius 3 is 3.03 bits per heavy atom. The molecular weight excluding hydrogens is 390 g/mol. The molecule has 8 heteroatoms. The zero-order valence-corrected chi connectivity index (χ0v) is 17.2. The maximum atomic E-state index is 9.76. The van der Waals surface area contributed by atoms with Crippen molar-refractivity contribution in [3.63, 3.8) is 0 Å². The van der Waals surface area contributed by atoms with Crippen LogP contribution in [0.3, 0.4) is 0 Å². The second-order valence-electron chi connectivity index (χ2n) is 8.25. The molecule has 2 N–H and O–H groups in total. The Kier molecular flexibility index (Phi) is 4.15. The standard InChI is InChI=1S/C23H23N7O/c1-28-9-7-17-18(3-2-4-19(17)28)22-26-21-20(5-8-24-23(21)27-22)30-13-15(11-25-30)12-29-10-6-16(31)14-29/h2-5,7-9,11,13,16,31H,6,10,12,14H2,1H3,(H,24,26,27)/t16-/m0/s1. The lowest BCUT2D eigenvalue weighted by atomic mass is 10.1. The first-order chi connectivity index (χ1) is 15.2. The number of nitrogens with zero attached hydrogens (tertiary/aromatic N) is 6. The Bertz CT molecular complexity index is 1400. The van der Waals surface area contributed by atoms with E-state index in [-0.39, 0.29) is 6.10 Å². The number of likely N-dealkylation sites (tertiary alicyclic amines) is 1. The molecule has 31 heavy (non-hydrogen) atoms. The summed E-state index contributed by atoms with van der Waals surface area (Å²) in [6.45, 7) is 2.43. The zero-order valence-electron chi connectivity index (χ0n) is 17.2. The van der Waals surface area contributed by atoms with Crippen molar-refractivity contribution in [1.82, 2.24) is 34.2 Å². The lowest BCUT2D eigenvalue weighted by Gasteiger charge is -2.12. The minimum absolute atomic E-state index is 0.215. The fourth-order valence-electron chi connectivity index (χ4n) is 4.51. The summed E-state index contributed by atoms with van der Waals surface area (Å²) in [5.74, 6) is 0.796. The first kappa shape index (κ1) is 18.3. The number of rotatable bonds is 4. The van der Waals surface area contributed by atoms with Gasteiger partial charge >= 0.3 is 0 Å². The van der Waals surface area contributed by atoms with Crippen LogP contribution in [0.2, 0.25) is 0 Å². The van der Waals surface area contributed by atoms with E-state index in [1.54, 1.807) is 6.20 Å². The predicted molar refractivity (Wildman–Crippen MR) is 119 cm³/mol. The Hall–Kier alpha value is -3.49. The van der Waals surface area contributed by atoms with Gasteiger partial charge in [-0.15, -0.1) is 0 Å². The first-order valence-electron chi connectivity index (χ1n) is 10.5. The van der Waals surface area contributed by atoms with Crippen LogP contribution in [0.1, 0.15) is 12.0 Å². The topological polar surface area (TPSA) is 87.8 Å². The van der Waals surface area contributed by atoms with E-state index in [9.17, 15) is 5.11 Å². The quantitative estimate of drug-likeness (QED) is 0.473. The number of aryl methyl sites for hydroxylation is 1. The molecule has 1 aliphatic rings. The molecule has 5 aromatic rings. The SMILES string of the molecule is Cn1ccc2c(-c3nc4nccc(-n5cc(CN6CC[C@H](O)C6)cn5)c4[nH]3)cccc21. The summed E-state index contributed by atoms with van der Waals surface area (Å²) >= 11 is 0. The second-order valence-corrected chi connectivity index (χ2v) is 8.25. The van der Waals surface area contributed by atoms with Crippen molar-refractivity contribution in [3.8, 4) is 17.1 Å². The molecule has 1 aromatic carbocycles. The highest BCUT2D eigenvalue weighted by Crippen LogP contribution is 2.30. The molecule has 1 saturated heterocycles. The molecule has 8 nitrogen and oxygen atoms in total. The Labute approximate surface area is 178 Å². The van der Waals surface area contributed by atoms with Crippen molar-refractivity contribution < 1.29 is 5.11 Å². The van der Waals surface area contributed by atoms with E-state index in [2.05, 4.69) is 48.9 Å². The molecule has 0 radical (unpaired) electrons. The largest absolute Gasteiger partial charge is 0.392 e. The number of fused-ring (bicyclic) bond motifs is 2. The number of hydrogen-bond acceptors (Lipinski definition) is 5. The molecule has 6 rings (SSSR count). The Morgan fingerprint density at radius 1 is 1.23 bits per heavy atom. The minimum Gasteiger partial charge on any atom is -0.392 e. The monoisotopic (exact) mass is 413 g/mol. The van der Waals surface area contributed by atoms with Crippen LogP contribution in [0.25, 0.3) is 39.1 Å². The molecule has 4 aromatic heterocycles. The van der Waals surface area contributed by atoms with Crippen molar-refractivity contribution in [1.29, 1.82) is 0 Å². The smallest absolute Gasteiger partial charge is 0.180 e. The van der Waals surface area contributed by atoms with Crippen molar-refractivity contribution in [3.05, 3.63) is 60.7 Å². The molecule has 156 valence electrons. The van der Waals surface area contributed by atoms with Gasteiger partial charge in [0, 0.05) is 67.3 Å². The second kappa shape index (κ2) is 7.04. The predicted octanol–water partition coefficient (Wildman–Crippen LogP) is 2.87. The van der Waals surface area contributed by atoms with E-state index in [0.29, 0.717) is 5.65 Å². The van der Waals surface area contributed by atoms with Crippen LogP contribution in [-0.4, -0.2) is 58.5 Å². The third kappa shape index (κ3) is 3.11. The van der Waals surface area contributed by atoms with Gasteiger partial charge in [0.15, 0.2) is 5.65 Å². The third-order valence-electron chi connectivity index (χ3n) is 6.09. The Morgan fingerprint density at radius 2 is 2.16 bits per heavy atom. The summed E-state index contributed by atoms with van der Waals surface area (Å²) in [6.07, 6.45) is 8.38. The number of hydrogen-bond donors (Lipinski definition) is 2. The van der Waals surface area contributed by atoms with E-state index < -0.39 is 0 Å². The minimum atomic E-state index is -0.215. The van der Waals surface area contributed by atoms with Gasteiger partial charge in [0.05, 0.1) is 18.0 Å². The maximum Gasteiger partial charge on any atom is 0.180 e. The summed E-state index contributed by atoms with van der Waals surface area (Å²) in [5.41, 5.74) is 5.77. The van der Waals surface area contributed by atoms with Gasteiger partial charge in [-0.1, -0.05) is 12.1 Å². The summed E-state index contributed by atoms with van der Waals surface area (Å²) in [4.78, 5) is 15.0. The van der Waals surface area contributed by atoms with E-state index in [0.717, 1.165) is 65.1 Å². The number of aliphatic hydroxyl groups is 1. The Balaban J connectivity index is 1.38. The molecule has 1 atom stereocenters. The highest BCUT2D eigenvalue weighted by molar-refractivity contribution is 5.95. The van der Waals surface area contributed by atoms with Crippen LogP contribution >= 0.6 is 0 Å². The first-order valence-corrected chi connectivity index (χ1v) is 10.5. The van der Waals surface area contributed by atoms with Gasteiger partial charge in [0.25, 0.3) is 0 Å². The molecule has 0 saturated carbocycles. The van der Waals surface area contributed by atoms with Gasteiger partial charge in [-0.3, -0.25) is 4.90 Å². The number of benzene rings is 1. The molecule has 0 unspecified atom stereocenters. The maximum absolute atomic E-state index is 9.76. The van der Waals surface area contributed by atoms with E-state index in [1.165, 1.54) is 0 Å². The molecule has 1 fully saturated rings. The van der Waals surface area contributed by atoms with Gasteiger partial charge in [-0.05, 0) is 24.6 Å². The van der Waals surface area contributed by atoms with E-state index >= 15 is 0 Å². The van der Waals surface area contributed by atoms with Gasteiger partial charge in [-0.25, -0.2) is 14.6 Å². The number of aromatic amines is 1. The number of H-pyrrole nitrogens is 1. The summed E-state index contributed by atoms with van der Waals surface area (Å²) in [6, 6.07) is 10.3. The average Bonchev–Trinajstić information content (AvgIpc) is 3.55. The van der Waals surface area contributed by atoms with Crippen LogP contribution in [0, 0.1) is 0 Å². The lowest BCUT2D eigenvalue weighted by Crippen LogP contribution is -2.21. The molecule has 0 aliphatic carbocycles. The van der Waals surface area contributed by atoms with E-state index in [1.807, 2.05) is 36.3 Å². The highest BCUT2D eigenvalue weighted by atomic mass is 16.3. The number of imidazole rings is 1. The van der Waals surface area contributed by atoms with Gasteiger partial charge in [-0.2, -0.15) is 5.10 Å². The molecule has 1 aliphatic heterocycles. The average molecular weight is 413 g/mol. The fourth-order valence-corrected chi connectivity index (χ4v) is 4.51. The summed E-state index contributed by atoms with van der Waals surface area (Å²) in [7, 11) is 2.04. The van der Waals surface area contributed by atoms with Gasteiger partial charge < -0.3 is 14.7 Å². The van der Waals surface area contributed by atoms with Crippen molar-refractivity contribution >= 4 is 22.1 Å². The van der Waals surface area contributed by atoms with Crippen molar-refractivity contribution in [2.45, 2.75) is 19.1 Å².